The predicted molar refractivity (Wildman–Crippen MR) is 74.9 cm³/mol. The molecule has 1 aromatic carbocycles. The summed E-state index contributed by atoms with van der Waals surface area (Å²) in [5.41, 5.74) is 7.96. The fourth-order valence-corrected chi connectivity index (χ4v) is 2.19. The summed E-state index contributed by atoms with van der Waals surface area (Å²) in [6, 6.07) is 8.03. The number of rotatable bonds is 6. The molecule has 0 heterocycles. The summed E-state index contributed by atoms with van der Waals surface area (Å²) in [5, 5.41) is 0. The maximum absolute atomic E-state index is 12.2. The van der Waals surface area contributed by atoms with E-state index in [1.54, 1.807) is 0 Å². The molecule has 0 atom stereocenters. The molecule has 1 aromatic rings. The van der Waals surface area contributed by atoms with Crippen LogP contribution in [0.1, 0.15) is 37.8 Å². The first-order valence-corrected chi connectivity index (χ1v) is 6.65. The van der Waals surface area contributed by atoms with Gasteiger partial charge in [-0.15, -0.1) is 0 Å². The number of carbonyl (C=O) groups excluding carboxylic acids is 1. The third-order valence-electron chi connectivity index (χ3n) is 3.46. The van der Waals surface area contributed by atoms with Gasteiger partial charge in [-0.05, 0) is 24.0 Å². The molecule has 100 valence electrons. The van der Waals surface area contributed by atoms with Crippen LogP contribution in [0.2, 0.25) is 0 Å². The Hall–Kier alpha value is -1.35. The lowest BCUT2D eigenvalue weighted by Crippen LogP contribution is -2.32. The average molecular weight is 248 g/mol. The standard InChI is InChI=1S/C15H24N2O/c1-4-12(5-2)15(18)17(3)11-14-9-7-6-8-13(14)10-16/h6-9,12H,4-5,10-11,16H2,1-3H3. The minimum atomic E-state index is 0.139. The molecular weight excluding hydrogens is 224 g/mol. The highest BCUT2D eigenvalue weighted by molar-refractivity contribution is 5.78. The highest BCUT2D eigenvalue weighted by Crippen LogP contribution is 2.15. The van der Waals surface area contributed by atoms with Gasteiger partial charge in [0.05, 0.1) is 0 Å². The van der Waals surface area contributed by atoms with Crippen molar-refractivity contribution in [3.8, 4) is 0 Å². The molecule has 1 amide bonds. The number of hydrogen-bond donors (Lipinski definition) is 1. The molecular formula is C15H24N2O. The summed E-state index contributed by atoms with van der Waals surface area (Å²) >= 11 is 0. The van der Waals surface area contributed by atoms with E-state index in [0.29, 0.717) is 13.1 Å². The topological polar surface area (TPSA) is 46.3 Å². The Bertz CT molecular complexity index is 386. The Morgan fingerprint density at radius 3 is 2.28 bits per heavy atom. The molecule has 1 rings (SSSR count). The van der Waals surface area contributed by atoms with Gasteiger partial charge in [0.15, 0.2) is 0 Å². The van der Waals surface area contributed by atoms with E-state index in [0.717, 1.165) is 24.0 Å². The van der Waals surface area contributed by atoms with Crippen LogP contribution in [0.3, 0.4) is 0 Å². The van der Waals surface area contributed by atoms with E-state index in [-0.39, 0.29) is 11.8 Å². The molecule has 0 aromatic heterocycles. The van der Waals surface area contributed by atoms with Crippen LogP contribution in [0.5, 0.6) is 0 Å². The fourth-order valence-electron chi connectivity index (χ4n) is 2.19. The quantitative estimate of drug-likeness (QED) is 0.841. The molecule has 0 aliphatic carbocycles. The van der Waals surface area contributed by atoms with Crippen LogP contribution in [-0.4, -0.2) is 17.9 Å². The maximum Gasteiger partial charge on any atom is 0.225 e. The highest BCUT2D eigenvalue weighted by atomic mass is 16.2. The van der Waals surface area contributed by atoms with Gasteiger partial charge in [0.25, 0.3) is 0 Å². The minimum absolute atomic E-state index is 0.139. The van der Waals surface area contributed by atoms with E-state index in [9.17, 15) is 4.79 Å². The Labute approximate surface area is 110 Å². The SMILES string of the molecule is CCC(CC)C(=O)N(C)Cc1ccccc1CN. The van der Waals surface area contributed by atoms with Crippen molar-refractivity contribution in [3.63, 3.8) is 0 Å². The summed E-state index contributed by atoms with van der Waals surface area (Å²) in [5.74, 6) is 0.367. The smallest absolute Gasteiger partial charge is 0.225 e. The van der Waals surface area contributed by atoms with E-state index < -0.39 is 0 Å². The van der Waals surface area contributed by atoms with Crippen molar-refractivity contribution in [3.05, 3.63) is 35.4 Å². The molecule has 3 heteroatoms. The van der Waals surface area contributed by atoms with Gasteiger partial charge in [-0.1, -0.05) is 38.1 Å². The molecule has 18 heavy (non-hydrogen) atoms. The molecule has 0 radical (unpaired) electrons. The summed E-state index contributed by atoms with van der Waals surface area (Å²) in [4.78, 5) is 14.0. The lowest BCUT2D eigenvalue weighted by atomic mass is 10.0. The molecule has 3 nitrogen and oxygen atoms in total. The zero-order chi connectivity index (χ0) is 13.5. The molecule has 0 bridgehead atoms. The molecule has 0 aliphatic rings. The van der Waals surface area contributed by atoms with Gasteiger partial charge >= 0.3 is 0 Å². The Morgan fingerprint density at radius 1 is 1.22 bits per heavy atom. The molecule has 0 aliphatic heterocycles. The normalized spacial score (nSPS) is 10.7. The number of nitrogens with two attached hydrogens (primary N) is 1. The van der Waals surface area contributed by atoms with Crippen molar-refractivity contribution < 1.29 is 4.79 Å². The van der Waals surface area contributed by atoms with Crippen molar-refractivity contribution >= 4 is 5.91 Å². The van der Waals surface area contributed by atoms with Gasteiger partial charge < -0.3 is 10.6 Å². The van der Waals surface area contributed by atoms with Crippen molar-refractivity contribution in [2.45, 2.75) is 39.8 Å². The lowest BCUT2D eigenvalue weighted by Gasteiger charge is -2.23. The van der Waals surface area contributed by atoms with Gasteiger partial charge in [-0.2, -0.15) is 0 Å². The number of benzene rings is 1. The van der Waals surface area contributed by atoms with Crippen molar-refractivity contribution in [1.29, 1.82) is 0 Å². The van der Waals surface area contributed by atoms with E-state index >= 15 is 0 Å². The van der Waals surface area contributed by atoms with Crippen LogP contribution in [0.15, 0.2) is 24.3 Å². The largest absolute Gasteiger partial charge is 0.341 e. The monoisotopic (exact) mass is 248 g/mol. The number of hydrogen-bond acceptors (Lipinski definition) is 2. The van der Waals surface area contributed by atoms with Gasteiger partial charge in [0, 0.05) is 26.1 Å². The molecule has 0 saturated carbocycles. The average Bonchev–Trinajstić information content (AvgIpc) is 2.40. The van der Waals surface area contributed by atoms with Crippen LogP contribution in [0.25, 0.3) is 0 Å². The fraction of sp³-hybridized carbons (Fsp3) is 0.533. The first kappa shape index (κ1) is 14.7. The summed E-state index contributed by atoms with van der Waals surface area (Å²) < 4.78 is 0. The third kappa shape index (κ3) is 3.57. The van der Waals surface area contributed by atoms with Gasteiger partial charge in [-0.3, -0.25) is 4.79 Å². The molecule has 2 N–H and O–H groups in total. The lowest BCUT2D eigenvalue weighted by molar-refractivity contribution is -0.134. The highest BCUT2D eigenvalue weighted by Gasteiger charge is 2.18. The number of carbonyl (C=O) groups is 1. The van der Waals surface area contributed by atoms with Gasteiger partial charge in [0.2, 0.25) is 5.91 Å². The Balaban J connectivity index is 2.74. The minimum Gasteiger partial charge on any atom is -0.341 e. The first-order valence-electron chi connectivity index (χ1n) is 6.65. The zero-order valence-electron chi connectivity index (χ0n) is 11.6. The second-order valence-corrected chi connectivity index (χ2v) is 4.68. The van der Waals surface area contributed by atoms with Crippen LogP contribution in [0.4, 0.5) is 0 Å². The third-order valence-corrected chi connectivity index (χ3v) is 3.46. The molecule has 0 unspecified atom stereocenters. The number of amides is 1. The first-order chi connectivity index (χ1) is 8.63. The molecule has 0 fully saturated rings. The van der Waals surface area contributed by atoms with Crippen molar-refractivity contribution in [2.24, 2.45) is 11.7 Å². The van der Waals surface area contributed by atoms with Crippen LogP contribution >= 0.6 is 0 Å². The Kier molecular flexibility index (Phi) is 5.86. The summed E-state index contributed by atoms with van der Waals surface area (Å²) in [7, 11) is 1.87. The second kappa shape index (κ2) is 7.17. The van der Waals surface area contributed by atoms with Crippen LogP contribution in [-0.2, 0) is 17.9 Å². The molecule has 0 spiro atoms. The van der Waals surface area contributed by atoms with E-state index in [2.05, 4.69) is 13.8 Å². The van der Waals surface area contributed by atoms with Crippen molar-refractivity contribution in [2.75, 3.05) is 7.05 Å². The maximum atomic E-state index is 12.2. The summed E-state index contributed by atoms with van der Waals surface area (Å²) in [6.45, 7) is 5.29. The van der Waals surface area contributed by atoms with Crippen molar-refractivity contribution in [1.82, 2.24) is 4.90 Å². The zero-order valence-corrected chi connectivity index (χ0v) is 11.6. The summed E-state index contributed by atoms with van der Waals surface area (Å²) in [6.07, 6.45) is 1.80. The van der Waals surface area contributed by atoms with E-state index in [4.69, 9.17) is 5.73 Å². The van der Waals surface area contributed by atoms with E-state index in [1.165, 1.54) is 0 Å². The van der Waals surface area contributed by atoms with Crippen LogP contribution < -0.4 is 5.73 Å². The van der Waals surface area contributed by atoms with E-state index in [1.807, 2.05) is 36.2 Å². The predicted octanol–water partition coefficient (Wildman–Crippen LogP) is 2.54. The second-order valence-electron chi connectivity index (χ2n) is 4.68. The van der Waals surface area contributed by atoms with Crippen LogP contribution in [0, 0.1) is 5.92 Å². The number of nitrogens with zero attached hydrogens (tertiary/aromatic N) is 1. The van der Waals surface area contributed by atoms with Gasteiger partial charge in [-0.25, -0.2) is 0 Å². The Morgan fingerprint density at radius 2 is 1.78 bits per heavy atom. The molecule has 0 saturated heterocycles. The van der Waals surface area contributed by atoms with Gasteiger partial charge in [0.1, 0.15) is 0 Å².